The minimum atomic E-state index is -3.61. The van der Waals surface area contributed by atoms with Gasteiger partial charge in [-0.05, 0) is 42.7 Å². The predicted octanol–water partition coefficient (Wildman–Crippen LogP) is 8.29. The molecule has 55 heavy (non-hydrogen) atoms. The van der Waals surface area contributed by atoms with Gasteiger partial charge in [0.25, 0.3) is 0 Å². The van der Waals surface area contributed by atoms with E-state index in [4.69, 9.17) is 50.8 Å². The minimum absolute atomic E-state index is 0.0299. The molecule has 310 valence electrons. The first kappa shape index (κ1) is 48.5. The molecule has 1 N–H and O–H groups in total. The Hall–Kier alpha value is -2.68. The number of phosphoric ester groups is 2. The van der Waals surface area contributed by atoms with Crippen LogP contribution in [0.3, 0.4) is 0 Å². The number of rotatable bonds is 31. The Labute approximate surface area is 326 Å². The maximum Gasteiger partial charge on any atom is 0.474 e. The molecule has 14 nitrogen and oxygen atoms in total. The van der Waals surface area contributed by atoms with Crippen molar-refractivity contribution in [3.63, 3.8) is 0 Å². The van der Waals surface area contributed by atoms with E-state index in [9.17, 15) is 14.2 Å². The monoisotopic (exact) mass is 814 g/mol. The second-order valence-electron chi connectivity index (χ2n) is 11.8. The van der Waals surface area contributed by atoms with Gasteiger partial charge in [0.1, 0.15) is 23.7 Å². The summed E-state index contributed by atoms with van der Waals surface area (Å²) in [6.45, 7) is 6.98. The van der Waals surface area contributed by atoms with Crippen molar-refractivity contribution in [2.24, 2.45) is 0 Å². The third-order valence-electron chi connectivity index (χ3n) is 7.03. The summed E-state index contributed by atoms with van der Waals surface area (Å²) in [5.74, 6) is 1.65. The van der Waals surface area contributed by atoms with Crippen molar-refractivity contribution >= 4 is 15.6 Å². The lowest BCUT2D eigenvalue weighted by atomic mass is 10.2. The van der Waals surface area contributed by atoms with Crippen molar-refractivity contribution in [1.82, 2.24) is 0 Å². The fourth-order valence-electron chi connectivity index (χ4n) is 4.19. The minimum Gasteiger partial charge on any atom is -0.494 e. The molecule has 16 heteroatoms. The summed E-state index contributed by atoms with van der Waals surface area (Å²) in [6.07, 6.45) is 1.49. The van der Waals surface area contributed by atoms with Gasteiger partial charge in [-0.15, -0.1) is 0 Å². The SMILES string of the molecule is CCCOP(=O)(OC)OC[C@@H](O)COCCCOc1ccccc1.CCCOP(=O)(OC)OC[C@H](COCCCOc1ccccc1)OCc1ccccc1. The zero-order chi connectivity index (χ0) is 39.9. The fraction of sp³-hybridized carbons (Fsp3) is 0.538. The van der Waals surface area contributed by atoms with Crippen LogP contribution in [-0.2, 0) is 57.1 Å². The summed E-state index contributed by atoms with van der Waals surface area (Å²) in [5, 5.41) is 9.75. The van der Waals surface area contributed by atoms with Crippen LogP contribution in [0.5, 0.6) is 11.5 Å². The molecule has 0 saturated carbocycles. The summed E-state index contributed by atoms with van der Waals surface area (Å²) < 4.78 is 83.1. The zero-order valence-electron chi connectivity index (χ0n) is 32.6. The molecule has 0 saturated heterocycles. The Bertz CT molecular complexity index is 1420. The average Bonchev–Trinajstić information content (AvgIpc) is 3.23. The molecule has 0 spiro atoms. The van der Waals surface area contributed by atoms with Crippen molar-refractivity contribution in [3.8, 4) is 11.5 Å². The molecule has 3 rings (SSSR count). The lowest BCUT2D eigenvalue weighted by Gasteiger charge is -2.21. The highest BCUT2D eigenvalue weighted by Crippen LogP contribution is 2.49. The Morgan fingerprint density at radius 1 is 0.545 bits per heavy atom. The van der Waals surface area contributed by atoms with E-state index in [0.717, 1.165) is 23.5 Å². The Morgan fingerprint density at radius 2 is 1.00 bits per heavy atom. The lowest BCUT2D eigenvalue weighted by molar-refractivity contribution is -0.0520. The molecule has 0 aliphatic carbocycles. The van der Waals surface area contributed by atoms with Gasteiger partial charge in [-0.3, -0.25) is 27.1 Å². The van der Waals surface area contributed by atoms with Crippen LogP contribution in [0.15, 0.2) is 91.0 Å². The maximum atomic E-state index is 12.5. The molecule has 3 aromatic rings. The van der Waals surface area contributed by atoms with Crippen LogP contribution in [0.1, 0.15) is 45.1 Å². The van der Waals surface area contributed by atoms with Crippen molar-refractivity contribution in [1.29, 1.82) is 0 Å². The molecule has 0 aromatic heterocycles. The number of aliphatic hydroxyl groups excluding tert-OH is 1. The van der Waals surface area contributed by atoms with Crippen LogP contribution in [0.4, 0.5) is 0 Å². The van der Waals surface area contributed by atoms with Gasteiger partial charge in [-0.2, -0.15) is 0 Å². The topological polar surface area (TPSA) is 156 Å². The molecule has 0 aliphatic rings. The van der Waals surface area contributed by atoms with E-state index in [1.54, 1.807) is 0 Å². The molecule has 0 radical (unpaired) electrons. The largest absolute Gasteiger partial charge is 0.494 e. The normalized spacial score (nSPS) is 14.5. The van der Waals surface area contributed by atoms with Gasteiger partial charge in [0.15, 0.2) is 0 Å². The number of para-hydroxylation sites is 2. The van der Waals surface area contributed by atoms with Crippen molar-refractivity contribution in [2.45, 2.75) is 58.3 Å². The van der Waals surface area contributed by atoms with E-state index < -0.39 is 27.9 Å². The number of hydrogen-bond donors (Lipinski definition) is 1. The standard InChI is InChI=1S/C23H33O7P.C16H27O7P/c1-3-15-29-31(24,25-2)30-20-23(28-18-21-11-6-4-7-12-21)19-26-16-10-17-27-22-13-8-5-9-14-22;1-3-10-22-24(18,19-2)23-14-15(17)13-20-11-7-12-21-16-8-5-4-6-9-16/h4-9,11-14,23H,3,10,15-20H2,1-2H3;4-6,8-9,15,17H,3,7,10-14H2,1-2H3/t23-,31?;15-,24?/m00/s1. The van der Waals surface area contributed by atoms with E-state index in [1.165, 1.54) is 14.2 Å². The summed E-state index contributed by atoms with van der Waals surface area (Å²) in [6, 6.07) is 29.0. The molecule has 0 amide bonds. The van der Waals surface area contributed by atoms with E-state index in [0.29, 0.717) is 58.9 Å². The van der Waals surface area contributed by atoms with Gasteiger partial charge in [-0.25, -0.2) is 9.13 Å². The third kappa shape index (κ3) is 23.9. The average molecular weight is 815 g/mol. The highest BCUT2D eigenvalue weighted by Gasteiger charge is 2.27. The summed E-state index contributed by atoms with van der Waals surface area (Å²) in [5.41, 5.74) is 1.03. The van der Waals surface area contributed by atoms with Gasteiger partial charge < -0.3 is 28.8 Å². The first-order valence-electron chi connectivity index (χ1n) is 18.5. The summed E-state index contributed by atoms with van der Waals surface area (Å²) in [7, 11) is -4.65. The fourth-order valence-corrected chi connectivity index (χ4v) is 6.28. The van der Waals surface area contributed by atoms with E-state index >= 15 is 0 Å². The first-order valence-corrected chi connectivity index (χ1v) is 21.4. The van der Waals surface area contributed by atoms with Crippen LogP contribution >= 0.6 is 15.6 Å². The smallest absolute Gasteiger partial charge is 0.474 e. The van der Waals surface area contributed by atoms with E-state index in [2.05, 4.69) is 0 Å². The molecule has 4 atom stereocenters. The van der Waals surface area contributed by atoms with Gasteiger partial charge in [0.05, 0.1) is 59.5 Å². The number of ether oxygens (including phenoxy) is 5. The van der Waals surface area contributed by atoms with Gasteiger partial charge in [0.2, 0.25) is 0 Å². The first-order chi connectivity index (χ1) is 26.7. The van der Waals surface area contributed by atoms with Crippen molar-refractivity contribution in [2.75, 3.05) is 80.3 Å². The molecular weight excluding hydrogens is 754 g/mol. The van der Waals surface area contributed by atoms with Crippen LogP contribution in [0.25, 0.3) is 0 Å². The van der Waals surface area contributed by atoms with Crippen molar-refractivity contribution < 1.29 is 65.1 Å². The van der Waals surface area contributed by atoms with E-state index in [-0.39, 0.29) is 33.0 Å². The van der Waals surface area contributed by atoms with Gasteiger partial charge >= 0.3 is 15.6 Å². The molecule has 3 aromatic carbocycles. The molecule has 0 fully saturated rings. The molecule has 0 heterocycles. The van der Waals surface area contributed by atoms with Crippen LogP contribution < -0.4 is 9.47 Å². The zero-order valence-corrected chi connectivity index (χ0v) is 34.4. The van der Waals surface area contributed by atoms with Gasteiger partial charge in [-0.1, -0.05) is 80.6 Å². The quantitative estimate of drug-likeness (QED) is 0.0489. The van der Waals surface area contributed by atoms with Crippen molar-refractivity contribution in [3.05, 3.63) is 96.6 Å². The molecular formula is C39H60O14P2. The van der Waals surface area contributed by atoms with Crippen LogP contribution in [0, 0.1) is 0 Å². The molecule has 0 aliphatic heterocycles. The number of aliphatic hydroxyl groups is 1. The lowest BCUT2D eigenvalue weighted by Crippen LogP contribution is -2.26. The number of benzene rings is 3. The second-order valence-corrected chi connectivity index (χ2v) is 15.3. The Morgan fingerprint density at radius 3 is 1.47 bits per heavy atom. The highest BCUT2D eigenvalue weighted by atomic mass is 31.2. The van der Waals surface area contributed by atoms with E-state index in [1.807, 2.05) is 105 Å². The Balaban J connectivity index is 0.000000393. The van der Waals surface area contributed by atoms with Crippen LogP contribution in [0.2, 0.25) is 0 Å². The highest BCUT2D eigenvalue weighted by molar-refractivity contribution is 7.48. The number of phosphoric acid groups is 2. The summed E-state index contributed by atoms with van der Waals surface area (Å²) in [4.78, 5) is 0. The van der Waals surface area contributed by atoms with Crippen LogP contribution in [-0.4, -0.2) is 97.6 Å². The third-order valence-corrected chi connectivity index (χ3v) is 9.85. The molecule has 2 unspecified atom stereocenters. The number of hydrogen-bond acceptors (Lipinski definition) is 14. The predicted molar refractivity (Wildman–Crippen MR) is 209 cm³/mol. The van der Waals surface area contributed by atoms with Gasteiger partial charge in [0, 0.05) is 40.3 Å². The second kappa shape index (κ2) is 30.5. The Kier molecular flexibility index (Phi) is 26.8. The summed E-state index contributed by atoms with van der Waals surface area (Å²) >= 11 is 0. The molecule has 0 bridgehead atoms. The maximum absolute atomic E-state index is 12.5.